The van der Waals surface area contributed by atoms with Gasteiger partial charge in [-0.2, -0.15) is 0 Å². The van der Waals surface area contributed by atoms with Crippen LogP contribution in [0.2, 0.25) is 0 Å². The fourth-order valence-electron chi connectivity index (χ4n) is 1.66. The van der Waals surface area contributed by atoms with Crippen LogP contribution in [0.15, 0.2) is 18.2 Å². The van der Waals surface area contributed by atoms with Crippen LogP contribution in [0.3, 0.4) is 0 Å². The Bertz CT molecular complexity index is 614. The SMILES string of the molecule is CCNc1nnc(COc2cccc(C)c2[N+](=O)[O-])s1. The zero-order valence-electron chi connectivity index (χ0n) is 11.1. The second-order valence-corrected chi connectivity index (χ2v) is 5.06. The number of benzene rings is 1. The van der Waals surface area contributed by atoms with Crippen molar-refractivity contribution in [2.45, 2.75) is 20.5 Å². The lowest BCUT2D eigenvalue weighted by atomic mass is 10.2. The summed E-state index contributed by atoms with van der Waals surface area (Å²) >= 11 is 1.37. The van der Waals surface area contributed by atoms with Crippen molar-refractivity contribution in [3.63, 3.8) is 0 Å². The quantitative estimate of drug-likeness (QED) is 0.650. The van der Waals surface area contributed by atoms with Crippen molar-refractivity contribution in [2.75, 3.05) is 11.9 Å². The molecule has 1 aromatic heterocycles. The monoisotopic (exact) mass is 294 g/mol. The van der Waals surface area contributed by atoms with E-state index in [1.165, 1.54) is 11.3 Å². The Morgan fingerprint density at radius 2 is 2.25 bits per heavy atom. The van der Waals surface area contributed by atoms with E-state index in [1.807, 2.05) is 6.92 Å². The van der Waals surface area contributed by atoms with Crippen LogP contribution in [-0.2, 0) is 6.61 Å². The number of ether oxygens (including phenoxy) is 1. The molecule has 1 heterocycles. The molecule has 0 aliphatic carbocycles. The number of nitro benzene ring substituents is 1. The normalized spacial score (nSPS) is 10.3. The van der Waals surface area contributed by atoms with Gasteiger partial charge < -0.3 is 10.1 Å². The topological polar surface area (TPSA) is 90.2 Å². The van der Waals surface area contributed by atoms with Crippen LogP contribution in [0.1, 0.15) is 17.5 Å². The molecule has 0 saturated heterocycles. The lowest BCUT2D eigenvalue weighted by molar-refractivity contribution is -0.386. The number of nitrogens with one attached hydrogen (secondary N) is 1. The second kappa shape index (κ2) is 6.29. The fourth-order valence-corrected chi connectivity index (χ4v) is 2.38. The van der Waals surface area contributed by atoms with Gasteiger partial charge in [0.2, 0.25) is 5.13 Å². The van der Waals surface area contributed by atoms with E-state index in [9.17, 15) is 10.1 Å². The van der Waals surface area contributed by atoms with Gasteiger partial charge in [-0.3, -0.25) is 10.1 Å². The van der Waals surface area contributed by atoms with Gasteiger partial charge in [0.25, 0.3) is 0 Å². The molecule has 0 aliphatic heterocycles. The molecule has 106 valence electrons. The summed E-state index contributed by atoms with van der Waals surface area (Å²) in [5.74, 6) is 0.246. The molecular formula is C12H14N4O3S. The summed E-state index contributed by atoms with van der Waals surface area (Å²) in [6.07, 6.45) is 0. The van der Waals surface area contributed by atoms with Crippen molar-refractivity contribution in [1.82, 2.24) is 10.2 Å². The van der Waals surface area contributed by atoms with E-state index in [0.29, 0.717) is 15.7 Å². The molecule has 20 heavy (non-hydrogen) atoms. The Labute approximate surface area is 119 Å². The van der Waals surface area contributed by atoms with E-state index in [0.717, 1.165) is 6.54 Å². The van der Waals surface area contributed by atoms with Crippen LogP contribution in [0.5, 0.6) is 5.75 Å². The van der Waals surface area contributed by atoms with Crippen LogP contribution < -0.4 is 10.1 Å². The fraction of sp³-hybridized carbons (Fsp3) is 0.333. The van der Waals surface area contributed by atoms with Crippen LogP contribution in [-0.4, -0.2) is 21.7 Å². The number of aromatic nitrogens is 2. The zero-order chi connectivity index (χ0) is 14.5. The van der Waals surface area contributed by atoms with E-state index in [1.54, 1.807) is 25.1 Å². The van der Waals surface area contributed by atoms with Crippen molar-refractivity contribution in [2.24, 2.45) is 0 Å². The summed E-state index contributed by atoms with van der Waals surface area (Å²) in [5, 5.41) is 23.4. The molecular weight excluding hydrogens is 280 g/mol. The summed E-state index contributed by atoms with van der Waals surface area (Å²) in [7, 11) is 0. The first-order valence-electron chi connectivity index (χ1n) is 6.05. The van der Waals surface area contributed by atoms with E-state index in [-0.39, 0.29) is 18.0 Å². The van der Waals surface area contributed by atoms with Crippen molar-refractivity contribution in [3.8, 4) is 5.75 Å². The molecule has 0 spiro atoms. The molecule has 0 fully saturated rings. The second-order valence-electron chi connectivity index (χ2n) is 4.00. The maximum atomic E-state index is 11.0. The minimum Gasteiger partial charge on any atom is -0.479 e. The van der Waals surface area contributed by atoms with E-state index in [2.05, 4.69) is 15.5 Å². The molecule has 0 unspecified atom stereocenters. The molecule has 1 aromatic carbocycles. The highest BCUT2D eigenvalue weighted by molar-refractivity contribution is 7.15. The first-order chi connectivity index (χ1) is 9.61. The molecule has 1 N–H and O–H groups in total. The number of aryl methyl sites for hydroxylation is 1. The van der Waals surface area contributed by atoms with Gasteiger partial charge in [-0.1, -0.05) is 23.5 Å². The molecule has 0 amide bonds. The third-order valence-corrected chi connectivity index (χ3v) is 3.38. The molecule has 2 aromatic rings. The zero-order valence-corrected chi connectivity index (χ0v) is 11.9. The molecule has 0 saturated carbocycles. The number of rotatable bonds is 6. The van der Waals surface area contributed by atoms with Gasteiger partial charge in [-0.25, -0.2) is 0 Å². The maximum Gasteiger partial charge on any atom is 0.313 e. The van der Waals surface area contributed by atoms with Crippen molar-refractivity contribution in [3.05, 3.63) is 38.9 Å². The number of para-hydroxylation sites is 1. The van der Waals surface area contributed by atoms with Gasteiger partial charge in [0.15, 0.2) is 10.8 Å². The summed E-state index contributed by atoms with van der Waals surface area (Å²) in [6.45, 7) is 4.57. The lowest BCUT2D eigenvalue weighted by Gasteiger charge is -2.06. The third kappa shape index (κ3) is 3.21. The molecule has 0 radical (unpaired) electrons. The predicted octanol–water partition coefficient (Wildman–Crippen LogP) is 2.77. The summed E-state index contributed by atoms with van der Waals surface area (Å²) in [6, 6.07) is 4.98. The van der Waals surface area contributed by atoms with Gasteiger partial charge in [-0.05, 0) is 19.9 Å². The average molecular weight is 294 g/mol. The predicted molar refractivity (Wildman–Crippen MR) is 76.2 cm³/mol. The highest BCUT2D eigenvalue weighted by Crippen LogP contribution is 2.31. The van der Waals surface area contributed by atoms with Gasteiger partial charge in [-0.15, -0.1) is 10.2 Å². The van der Waals surface area contributed by atoms with Crippen molar-refractivity contribution < 1.29 is 9.66 Å². The first-order valence-corrected chi connectivity index (χ1v) is 6.86. The minimum absolute atomic E-state index is 0.0103. The largest absolute Gasteiger partial charge is 0.479 e. The first kappa shape index (κ1) is 14.2. The Kier molecular flexibility index (Phi) is 4.46. The smallest absolute Gasteiger partial charge is 0.313 e. The third-order valence-electron chi connectivity index (χ3n) is 2.53. The molecule has 0 atom stereocenters. The van der Waals surface area contributed by atoms with Crippen molar-refractivity contribution >= 4 is 22.2 Å². The summed E-state index contributed by atoms with van der Waals surface area (Å²) in [5.41, 5.74) is 0.557. The molecule has 8 heteroatoms. The molecule has 0 bridgehead atoms. The molecule has 7 nitrogen and oxygen atoms in total. The van der Waals surface area contributed by atoms with Gasteiger partial charge >= 0.3 is 5.69 Å². The van der Waals surface area contributed by atoms with E-state index >= 15 is 0 Å². The van der Waals surface area contributed by atoms with Gasteiger partial charge in [0, 0.05) is 12.1 Å². The Hall–Kier alpha value is -2.22. The van der Waals surface area contributed by atoms with Crippen LogP contribution in [0.25, 0.3) is 0 Å². The van der Waals surface area contributed by atoms with E-state index < -0.39 is 4.92 Å². The highest BCUT2D eigenvalue weighted by Gasteiger charge is 2.18. The number of anilines is 1. The lowest BCUT2D eigenvalue weighted by Crippen LogP contribution is -2.00. The van der Waals surface area contributed by atoms with Gasteiger partial charge in [0.1, 0.15) is 6.61 Å². The average Bonchev–Trinajstić information content (AvgIpc) is 2.84. The summed E-state index contributed by atoms with van der Waals surface area (Å²) < 4.78 is 5.50. The Morgan fingerprint density at radius 1 is 1.45 bits per heavy atom. The van der Waals surface area contributed by atoms with Crippen LogP contribution >= 0.6 is 11.3 Å². The van der Waals surface area contributed by atoms with Gasteiger partial charge in [0.05, 0.1) is 4.92 Å². The summed E-state index contributed by atoms with van der Waals surface area (Å²) in [4.78, 5) is 10.6. The van der Waals surface area contributed by atoms with Crippen LogP contribution in [0, 0.1) is 17.0 Å². The molecule has 2 rings (SSSR count). The maximum absolute atomic E-state index is 11.0. The number of nitrogens with zero attached hydrogens (tertiary/aromatic N) is 3. The number of hydrogen-bond acceptors (Lipinski definition) is 7. The number of nitro groups is 1. The Morgan fingerprint density at radius 3 is 2.95 bits per heavy atom. The van der Waals surface area contributed by atoms with Crippen LogP contribution in [0.4, 0.5) is 10.8 Å². The van der Waals surface area contributed by atoms with Crippen molar-refractivity contribution in [1.29, 1.82) is 0 Å². The highest BCUT2D eigenvalue weighted by atomic mass is 32.1. The minimum atomic E-state index is -0.436. The van der Waals surface area contributed by atoms with E-state index in [4.69, 9.17) is 4.74 Å². The standard InChI is InChI=1S/C12H14N4O3S/c1-3-13-12-15-14-10(20-12)7-19-9-6-4-5-8(2)11(9)16(17)18/h4-6H,3,7H2,1-2H3,(H,13,15). The Balaban J connectivity index is 2.10. The number of hydrogen-bond donors (Lipinski definition) is 1. The molecule has 0 aliphatic rings.